The highest BCUT2D eigenvalue weighted by Crippen LogP contribution is 2.09. The van der Waals surface area contributed by atoms with Gasteiger partial charge in [-0.2, -0.15) is 4.98 Å². The third-order valence-corrected chi connectivity index (χ3v) is 1.68. The fourth-order valence-corrected chi connectivity index (χ4v) is 1.09. The van der Waals surface area contributed by atoms with Crippen molar-refractivity contribution in [3.05, 3.63) is 12.0 Å². The molecule has 0 atom stereocenters. The van der Waals surface area contributed by atoms with Crippen molar-refractivity contribution < 1.29 is 4.52 Å². The number of rotatable bonds is 3. The summed E-state index contributed by atoms with van der Waals surface area (Å²) in [6.07, 6.45) is 3.42. The number of imidazole rings is 1. The molecular formula is C7H10N4O. The summed E-state index contributed by atoms with van der Waals surface area (Å²) in [5, 5.41) is 3.59. The molecule has 0 bridgehead atoms. The van der Waals surface area contributed by atoms with Crippen LogP contribution in [0, 0.1) is 0 Å². The summed E-state index contributed by atoms with van der Waals surface area (Å²) in [7, 11) is 0. The Morgan fingerprint density at radius 3 is 3.25 bits per heavy atom. The molecule has 2 heterocycles. The maximum absolute atomic E-state index is 5.37. The Hall–Kier alpha value is -1.36. The van der Waals surface area contributed by atoms with Crippen LogP contribution in [0.5, 0.6) is 0 Å². The predicted molar refractivity (Wildman–Crippen MR) is 43.5 cm³/mol. The Bertz CT molecular complexity index is 336. The van der Waals surface area contributed by atoms with Crippen LogP contribution in [0.2, 0.25) is 0 Å². The van der Waals surface area contributed by atoms with E-state index in [4.69, 9.17) is 10.3 Å². The van der Waals surface area contributed by atoms with Gasteiger partial charge in [0.2, 0.25) is 0 Å². The number of H-pyrrole nitrogens is 1. The summed E-state index contributed by atoms with van der Waals surface area (Å²) in [6.45, 7) is 0.681. The van der Waals surface area contributed by atoms with E-state index in [9.17, 15) is 0 Å². The summed E-state index contributed by atoms with van der Waals surface area (Å²) in [6, 6.07) is 0. The fourth-order valence-electron chi connectivity index (χ4n) is 1.09. The lowest BCUT2D eigenvalue weighted by atomic mass is 10.3. The third kappa shape index (κ3) is 1.18. The average Bonchev–Trinajstić information content (AvgIpc) is 2.58. The first-order valence-corrected chi connectivity index (χ1v) is 3.89. The van der Waals surface area contributed by atoms with Crippen molar-refractivity contribution in [3.63, 3.8) is 0 Å². The van der Waals surface area contributed by atoms with Gasteiger partial charge in [0.05, 0.1) is 6.20 Å². The highest BCUT2D eigenvalue weighted by atomic mass is 16.5. The summed E-state index contributed by atoms with van der Waals surface area (Å²) < 4.78 is 4.85. The first-order valence-electron chi connectivity index (χ1n) is 3.89. The van der Waals surface area contributed by atoms with Crippen LogP contribution in [0.3, 0.4) is 0 Å². The minimum absolute atomic E-state index is 0.571. The van der Waals surface area contributed by atoms with Gasteiger partial charge in [-0.25, -0.2) is 0 Å². The first kappa shape index (κ1) is 7.30. The van der Waals surface area contributed by atoms with E-state index in [1.54, 1.807) is 6.20 Å². The van der Waals surface area contributed by atoms with Gasteiger partial charge in [-0.05, 0) is 13.0 Å². The molecule has 5 nitrogen and oxygen atoms in total. The van der Waals surface area contributed by atoms with Crippen LogP contribution in [0.4, 0.5) is 0 Å². The van der Waals surface area contributed by atoms with E-state index < -0.39 is 0 Å². The van der Waals surface area contributed by atoms with E-state index in [-0.39, 0.29) is 0 Å². The van der Waals surface area contributed by atoms with E-state index >= 15 is 0 Å². The molecule has 0 aliphatic rings. The van der Waals surface area contributed by atoms with Gasteiger partial charge >= 0.3 is 0 Å². The van der Waals surface area contributed by atoms with Crippen molar-refractivity contribution in [2.45, 2.75) is 12.8 Å². The second-order valence-electron chi connectivity index (χ2n) is 2.62. The molecular weight excluding hydrogens is 156 g/mol. The lowest BCUT2D eigenvalue weighted by molar-refractivity contribution is 0.448. The molecule has 3 N–H and O–H groups in total. The molecule has 0 aromatic carbocycles. The minimum atomic E-state index is 0.571. The van der Waals surface area contributed by atoms with E-state index in [0.717, 1.165) is 24.2 Å². The monoisotopic (exact) mass is 166 g/mol. The second kappa shape index (κ2) is 2.94. The Kier molecular flexibility index (Phi) is 1.79. The number of nitrogens with two attached hydrogens (primary N) is 1. The van der Waals surface area contributed by atoms with Crippen molar-refractivity contribution in [3.8, 4) is 0 Å². The van der Waals surface area contributed by atoms with Crippen LogP contribution in [0.25, 0.3) is 11.2 Å². The summed E-state index contributed by atoms with van der Waals surface area (Å²) in [5.74, 6) is 0.914. The smallest absolute Gasteiger partial charge is 0.275 e. The number of aromatic amines is 1. The Labute approximate surface area is 68.9 Å². The maximum atomic E-state index is 5.37. The molecule has 0 fully saturated rings. The zero-order chi connectivity index (χ0) is 8.39. The largest absolute Gasteiger partial charge is 0.338 e. The van der Waals surface area contributed by atoms with Gasteiger partial charge in [0.15, 0.2) is 0 Å². The number of nitrogens with one attached hydrogen (secondary N) is 1. The maximum Gasteiger partial charge on any atom is 0.275 e. The van der Waals surface area contributed by atoms with Crippen LogP contribution in [0.15, 0.2) is 10.7 Å². The van der Waals surface area contributed by atoms with Crippen molar-refractivity contribution in [1.29, 1.82) is 0 Å². The van der Waals surface area contributed by atoms with Gasteiger partial charge in [-0.15, -0.1) is 0 Å². The van der Waals surface area contributed by atoms with Crippen molar-refractivity contribution in [2.24, 2.45) is 5.73 Å². The quantitative estimate of drug-likeness (QED) is 0.693. The van der Waals surface area contributed by atoms with Crippen molar-refractivity contribution in [1.82, 2.24) is 15.1 Å². The summed E-state index contributed by atoms with van der Waals surface area (Å²) >= 11 is 0. The van der Waals surface area contributed by atoms with Crippen LogP contribution in [-0.2, 0) is 6.42 Å². The van der Waals surface area contributed by atoms with Gasteiger partial charge in [-0.3, -0.25) is 0 Å². The Balaban J connectivity index is 2.21. The topological polar surface area (TPSA) is 80.7 Å². The van der Waals surface area contributed by atoms with Gasteiger partial charge in [0, 0.05) is 6.42 Å². The molecule has 0 unspecified atom stereocenters. The number of fused-ring (bicyclic) bond motifs is 1. The standard InChI is InChI=1S/C7H10N4O/c8-3-1-2-6-10-5-4-9-12-7(5)11-6/h4H,1-3,8H2,(H,10,11). The molecule has 0 aliphatic heterocycles. The highest BCUT2D eigenvalue weighted by Gasteiger charge is 2.04. The molecule has 5 heteroatoms. The number of hydrogen-bond acceptors (Lipinski definition) is 4. The number of hydrogen-bond donors (Lipinski definition) is 2. The SMILES string of the molecule is NCCCc1nc2oncc2[nH]1. The lowest BCUT2D eigenvalue weighted by Gasteiger charge is -1.90. The van der Waals surface area contributed by atoms with Gasteiger partial charge in [-0.1, -0.05) is 5.16 Å². The summed E-state index contributed by atoms with van der Waals surface area (Å²) in [5.41, 5.74) is 6.79. The van der Waals surface area contributed by atoms with E-state index in [1.807, 2.05) is 0 Å². The van der Waals surface area contributed by atoms with E-state index in [2.05, 4.69) is 15.1 Å². The van der Waals surface area contributed by atoms with Gasteiger partial charge in [0.25, 0.3) is 5.71 Å². The van der Waals surface area contributed by atoms with Crippen LogP contribution in [-0.4, -0.2) is 21.7 Å². The van der Waals surface area contributed by atoms with Gasteiger partial charge < -0.3 is 15.2 Å². The number of nitrogens with zero attached hydrogens (tertiary/aromatic N) is 2. The van der Waals surface area contributed by atoms with Crippen molar-refractivity contribution in [2.75, 3.05) is 6.54 Å². The van der Waals surface area contributed by atoms with Crippen LogP contribution >= 0.6 is 0 Å². The molecule has 0 amide bonds. The highest BCUT2D eigenvalue weighted by molar-refractivity contribution is 5.66. The number of aryl methyl sites for hydroxylation is 1. The molecule has 0 saturated heterocycles. The molecule has 0 aliphatic carbocycles. The zero-order valence-electron chi connectivity index (χ0n) is 6.58. The van der Waals surface area contributed by atoms with Gasteiger partial charge in [0.1, 0.15) is 11.3 Å². The predicted octanol–water partition coefficient (Wildman–Crippen LogP) is 0.442. The fraction of sp³-hybridized carbons (Fsp3) is 0.429. The van der Waals surface area contributed by atoms with Crippen LogP contribution < -0.4 is 5.73 Å². The number of aromatic nitrogens is 3. The second-order valence-corrected chi connectivity index (χ2v) is 2.62. The Morgan fingerprint density at radius 1 is 1.58 bits per heavy atom. The molecule has 0 spiro atoms. The van der Waals surface area contributed by atoms with Crippen LogP contribution in [0.1, 0.15) is 12.2 Å². The zero-order valence-corrected chi connectivity index (χ0v) is 6.58. The first-order chi connectivity index (χ1) is 5.90. The Morgan fingerprint density at radius 2 is 2.50 bits per heavy atom. The lowest BCUT2D eigenvalue weighted by Crippen LogP contribution is -2.01. The molecule has 2 aromatic rings. The molecule has 64 valence electrons. The minimum Gasteiger partial charge on any atom is -0.338 e. The van der Waals surface area contributed by atoms with E-state index in [1.165, 1.54) is 0 Å². The summed E-state index contributed by atoms with van der Waals surface area (Å²) in [4.78, 5) is 7.26. The molecule has 0 saturated carbocycles. The van der Waals surface area contributed by atoms with E-state index in [0.29, 0.717) is 12.3 Å². The normalized spacial score (nSPS) is 11.1. The third-order valence-electron chi connectivity index (χ3n) is 1.68. The molecule has 12 heavy (non-hydrogen) atoms. The van der Waals surface area contributed by atoms with Crippen molar-refractivity contribution >= 4 is 11.2 Å². The molecule has 2 aromatic heterocycles. The molecule has 0 radical (unpaired) electrons. The average molecular weight is 166 g/mol. The molecule has 2 rings (SSSR count).